The van der Waals surface area contributed by atoms with E-state index in [0.717, 1.165) is 41.0 Å². The van der Waals surface area contributed by atoms with Crippen molar-refractivity contribution < 1.29 is 4.74 Å². The van der Waals surface area contributed by atoms with Gasteiger partial charge in [-0.15, -0.1) is 11.3 Å². The van der Waals surface area contributed by atoms with E-state index in [1.165, 1.54) is 12.8 Å². The van der Waals surface area contributed by atoms with Gasteiger partial charge in [0, 0.05) is 24.3 Å². The number of aromatic nitrogens is 4. The highest BCUT2D eigenvalue weighted by Crippen LogP contribution is 2.40. The quantitative estimate of drug-likeness (QED) is 0.566. The number of nitrogens with one attached hydrogen (secondary N) is 3. The molecule has 1 saturated carbocycles. The summed E-state index contributed by atoms with van der Waals surface area (Å²) in [6.07, 6.45) is 5.10. The highest BCUT2D eigenvalue weighted by molar-refractivity contribution is 7.19. The first-order valence-electron chi connectivity index (χ1n) is 9.04. The van der Waals surface area contributed by atoms with Crippen molar-refractivity contribution in [3.05, 3.63) is 35.1 Å². The Hall–Kier alpha value is -2.16. The van der Waals surface area contributed by atoms with Crippen molar-refractivity contribution >= 4 is 39.6 Å². The van der Waals surface area contributed by atoms with Gasteiger partial charge < -0.3 is 15.4 Å². The summed E-state index contributed by atoms with van der Waals surface area (Å²) in [5.74, 6) is 2.54. The van der Waals surface area contributed by atoms with E-state index in [0.29, 0.717) is 28.6 Å². The largest absolute Gasteiger partial charge is 0.379 e. The maximum atomic E-state index is 6.29. The van der Waals surface area contributed by atoms with Crippen LogP contribution in [0.2, 0.25) is 5.02 Å². The lowest BCUT2D eigenvalue weighted by molar-refractivity contribution is 0.195. The van der Waals surface area contributed by atoms with Gasteiger partial charge in [-0.05, 0) is 31.4 Å². The molecule has 0 spiro atoms. The van der Waals surface area contributed by atoms with Crippen LogP contribution < -0.4 is 10.6 Å². The van der Waals surface area contributed by atoms with Crippen LogP contribution in [0.4, 0.5) is 16.6 Å². The predicted molar refractivity (Wildman–Crippen MR) is 107 cm³/mol. The highest BCUT2D eigenvalue weighted by atomic mass is 35.5. The summed E-state index contributed by atoms with van der Waals surface area (Å²) < 4.78 is 5.41. The van der Waals surface area contributed by atoms with Crippen molar-refractivity contribution in [2.24, 2.45) is 0 Å². The number of ether oxygens (including phenoxy) is 1. The fraction of sp³-hybridized carbons (Fsp3) is 0.389. The molecular weight excluding hydrogens is 384 g/mol. The van der Waals surface area contributed by atoms with E-state index in [1.807, 2.05) is 12.1 Å². The number of hydrogen-bond acceptors (Lipinski definition) is 7. The van der Waals surface area contributed by atoms with E-state index in [9.17, 15) is 0 Å². The van der Waals surface area contributed by atoms with Crippen LogP contribution in [-0.4, -0.2) is 39.4 Å². The van der Waals surface area contributed by atoms with E-state index in [4.69, 9.17) is 16.3 Å². The Bertz CT molecular complexity index is 947. The van der Waals surface area contributed by atoms with E-state index in [-0.39, 0.29) is 0 Å². The van der Waals surface area contributed by atoms with Gasteiger partial charge in [-0.2, -0.15) is 5.10 Å². The van der Waals surface area contributed by atoms with Crippen LogP contribution >= 0.6 is 22.9 Å². The molecule has 3 N–H and O–H groups in total. The van der Waals surface area contributed by atoms with Gasteiger partial charge >= 0.3 is 0 Å². The number of nitrogens with zero attached hydrogens (tertiary/aromatic N) is 3. The highest BCUT2D eigenvalue weighted by Gasteiger charge is 2.25. The first-order chi connectivity index (χ1) is 13.2. The topological polar surface area (TPSA) is 87.8 Å². The number of thiophene rings is 1. The molecule has 3 aromatic rings. The average molecular weight is 403 g/mol. The van der Waals surface area contributed by atoms with Crippen LogP contribution in [0.5, 0.6) is 0 Å². The van der Waals surface area contributed by atoms with Crippen molar-refractivity contribution in [2.75, 3.05) is 23.8 Å². The molecule has 0 aromatic carbocycles. The Morgan fingerprint density at radius 1 is 1.26 bits per heavy atom. The standard InChI is InChI=1S/C18H19ClN6OS/c19-12-8-20-18(14-3-4-16(27-14)21-11-5-6-26-9-11)23-17(12)22-15-7-13(24-25-15)10-1-2-10/h3-4,7-8,10-11,21H,1-2,5-6,9H2,(H2,20,22,23,24,25). The van der Waals surface area contributed by atoms with E-state index < -0.39 is 0 Å². The summed E-state index contributed by atoms with van der Waals surface area (Å²) in [6, 6.07) is 6.47. The third-order valence-corrected chi connectivity index (χ3v) is 6.00. The Morgan fingerprint density at radius 3 is 3.00 bits per heavy atom. The molecule has 5 rings (SSSR count). The molecule has 3 aromatic heterocycles. The van der Waals surface area contributed by atoms with Crippen molar-refractivity contribution in [1.82, 2.24) is 20.2 Å². The van der Waals surface area contributed by atoms with Gasteiger partial charge in [0.05, 0.1) is 28.7 Å². The molecule has 9 heteroatoms. The second-order valence-corrected chi connectivity index (χ2v) is 8.36. The fourth-order valence-electron chi connectivity index (χ4n) is 3.08. The lowest BCUT2D eigenvalue weighted by Gasteiger charge is -2.09. The molecule has 2 fully saturated rings. The minimum absolute atomic E-state index is 0.375. The second-order valence-electron chi connectivity index (χ2n) is 6.87. The first kappa shape index (κ1) is 17.0. The molecule has 1 saturated heterocycles. The van der Waals surface area contributed by atoms with Gasteiger partial charge in [0.25, 0.3) is 0 Å². The van der Waals surface area contributed by atoms with Crippen LogP contribution in [0.25, 0.3) is 10.7 Å². The number of H-pyrrole nitrogens is 1. The van der Waals surface area contributed by atoms with Crippen LogP contribution in [0.1, 0.15) is 30.9 Å². The van der Waals surface area contributed by atoms with Crippen LogP contribution in [0, 0.1) is 0 Å². The lowest BCUT2D eigenvalue weighted by Crippen LogP contribution is -2.17. The molecule has 7 nitrogen and oxygen atoms in total. The molecule has 0 amide bonds. The molecule has 27 heavy (non-hydrogen) atoms. The van der Waals surface area contributed by atoms with E-state index in [1.54, 1.807) is 17.5 Å². The van der Waals surface area contributed by atoms with Crippen LogP contribution in [0.15, 0.2) is 24.4 Å². The summed E-state index contributed by atoms with van der Waals surface area (Å²) in [5.41, 5.74) is 1.16. The Labute approximate surface area is 165 Å². The Morgan fingerprint density at radius 2 is 2.19 bits per heavy atom. The molecule has 1 unspecified atom stereocenters. The summed E-state index contributed by atoms with van der Waals surface area (Å²) in [4.78, 5) is 9.97. The second kappa shape index (κ2) is 7.10. The average Bonchev–Trinajstić information content (AvgIpc) is 3.06. The third-order valence-electron chi connectivity index (χ3n) is 4.71. The Kier molecular flexibility index (Phi) is 4.47. The minimum atomic E-state index is 0.375. The molecule has 140 valence electrons. The van der Waals surface area contributed by atoms with E-state index >= 15 is 0 Å². The summed E-state index contributed by atoms with van der Waals surface area (Å²) in [5, 5.41) is 15.6. The maximum Gasteiger partial charge on any atom is 0.171 e. The van der Waals surface area contributed by atoms with Crippen molar-refractivity contribution in [3.63, 3.8) is 0 Å². The van der Waals surface area contributed by atoms with Gasteiger partial charge in [-0.1, -0.05) is 11.6 Å². The van der Waals surface area contributed by atoms with Crippen molar-refractivity contribution in [3.8, 4) is 10.7 Å². The van der Waals surface area contributed by atoms with Gasteiger partial charge in [-0.3, -0.25) is 5.10 Å². The van der Waals surface area contributed by atoms with Crippen molar-refractivity contribution in [1.29, 1.82) is 0 Å². The summed E-state index contributed by atoms with van der Waals surface area (Å²) in [6.45, 7) is 1.58. The third kappa shape index (κ3) is 3.78. The van der Waals surface area contributed by atoms with Gasteiger partial charge in [0.2, 0.25) is 0 Å². The molecular formula is C18H19ClN6OS. The number of hydrogen-bond donors (Lipinski definition) is 3. The Balaban J connectivity index is 1.34. The fourth-order valence-corrected chi connectivity index (χ4v) is 4.15. The zero-order valence-corrected chi connectivity index (χ0v) is 16.1. The monoisotopic (exact) mass is 402 g/mol. The zero-order chi connectivity index (χ0) is 18.2. The van der Waals surface area contributed by atoms with Crippen LogP contribution in [-0.2, 0) is 4.74 Å². The maximum absolute atomic E-state index is 6.29. The number of aromatic amines is 1. The predicted octanol–water partition coefficient (Wildman–Crippen LogP) is 4.40. The van der Waals surface area contributed by atoms with E-state index in [2.05, 4.69) is 36.9 Å². The SMILES string of the molecule is Clc1cnc(-c2ccc(NC3CCOC3)s2)nc1Nc1cc(C2CC2)[nH]n1. The lowest BCUT2D eigenvalue weighted by atomic mass is 10.3. The van der Waals surface area contributed by atoms with Gasteiger partial charge in [0.1, 0.15) is 5.02 Å². The number of rotatable bonds is 6. The van der Waals surface area contributed by atoms with Gasteiger partial charge in [-0.25, -0.2) is 9.97 Å². The number of halogens is 1. The summed E-state index contributed by atoms with van der Waals surface area (Å²) >= 11 is 7.91. The molecule has 0 bridgehead atoms. The first-order valence-corrected chi connectivity index (χ1v) is 10.2. The molecule has 2 aliphatic rings. The molecule has 1 atom stereocenters. The van der Waals surface area contributed by atoms with Gasteiger partial charge in [0.15, 0.2) is 17.5 Å². The molecule has 0 radical (unpaired) electrons. The normalized spacial score (nSPS) is 19.4. The smallest absolute Gasteiger partial charge is 0.171 e. The molecule has 4 heterocycles. The van der Waals surface area contributed by atoms with Crippen LogP contribution in [0.3, 0.4) is 0 Å². The minimum Gasteiger partial charge on any atom is -0.379 e. The molecule has 1 aliphatic carbocycles. The number of anilines is 3. The summed E-state index contributed by atoms with van der Waals surface area (Å²) in [7, 11) is 0. The van der Waals surface area contributed by atoms with Crippen molar-refractivity contribution in [2.45, 2.75) is 31.2 Å². The zero-order valence-electron chi connectivity index (χ0n) is 14.5. The molecule has 1 aliphatic heterocycles.